The molecule has 1 aliphatic rings. The van der Waals surface area contributed by atoms with Gasteiger partial charge in [-0.05, 0) is 44.0 Å². The van der Waals surface area contributed by atoms with Crippen LogP contribution in [0.25, 0.3) is 6.08 Å². The maximum Gasteiger partial charge on any atom is 0.417 e. The van der Waals surface area contributed by atoms with Crippen LogP contribution in [0.15, 0.2) is 40.4 Å². The highest BCUT2D eigenvalue weighted by atomic mass is 79.9. The molecule has 0 bridgehead atoms. The van der Waals surface area contributed by atoms with Gasteiger partial charge in [-0.15, -0.1) is 0 Å². The van der Waals surface area contributed by atoms with E-state index in [0.29, 0.717) is 10.0 Å². The fraction of sp³-hybridized carbons (Fsp3) is 0.429. The molecule has 1 heterocycles. The zero-order valence-electron chi connectivity index (χ0n) is 17.0. The van der Waals surface area contributed by atoms with Gasteiger partial charge in [0.05, 0.1) is 12.7 Å². The smallest absolute Gasteiger partial charge is 0.417 e. The van der Waals surface area contributed by atoms with Crippen molar-refractivity contribution in [3.63, 3.8) is 0 Å². The minimum atomic E-state index is -4.49. The molecule has 0 spiro atoms. The largest absolute Gasteiger partial charge is 0.467 e. The van der Waals surface area contributed by atoms with Crippen LogP contribution in [-0.4, -0.2) is 42.3 Å². The molecule has 1 saturated heterocycles. The van der Waals surface area contributed by atoms with Crippen LogP contribution in [0.3, 0.4) is 0 Å². The van der Waals surface area contributed by atoms with E-state index in [-0.39, 0.29) is 18.5 Å². The predicted octanol–water partition coefficient (Wildman–Crippen LogP) is 5.59. The van der Waals surface area contributed by atoms with Gasteiger partial charge in [-0.2, -0.15) is 13.2 Å². The summed E-state index contributed by atoms with van der Waals surface area (Å²) < 4.78 is 50.1. The maximum atomic E-state index is 13.2. The lowest BCUT2D eigenvalue weighted by atomic mass is 10.1. The number of hydrogen-bond acceptors (Lipinski definition) is 4. The van der Waals surface area contributed by atoms with Gasteiger partial charge < -0.3 is 9.47 Å². The maximum absolute atomic E-state index is 13.2. The highest BCUT2D eigenvalue weighted by Gasteiger charge is 2.39. The lowest BCUT2D eigenvalue weighted by Gasteiger charge is -2.27. The highest BCUT2D eigenvalue weighted by molar-refractivity contribution is 9.10. The first-order valence-electron chi connectivity index (χ1n) is 9.12. The van der Waals surface area contributed by atoms with Crippen LogP contribution in [0.5, 0.6) is 0 Å². The summed E-state index contributed by atoms with van der Waals surface area (Å²) in [6.07, 6.45) is -0.525. The fourth-order valence-corrected chi connectivity index (χ4v) is 3.30. The van der Waals surface area contributed by atoms with Gasteiger partial charge in [0.2, 0.25) is 0 Å². The lowest BCUT2D eigenvalue weighted by Crippen LogP contribution is -2.43. The second-order valence-electron chi connectivity index (χ2n) is 7.76. The molecule has 0 N–H and O–H groups in total. The summed E-state index contributed by atoms with van der Waals surface area (Å²) in [7, 11) is 1.23. The highest BCUT2D eigenvalue weighted by Crippen LogP contribution is 2.34. The molecular formula is C21H23BrF3NO4. The first-order valence-corrected chi connectivity index (χ1v) is 9.91. The number of carbonyl (C=O) groups is 2. The van der Waals surface area contributed by atoms with Gasteiger partial charge in [-0.25, -0.2) is 9.59 Å². The third-order valence-electron chi connectivity index (χ3n) is 4.23. The first-order chi connectivity index (χ1) is 13.8. The third kappa shape index (κ3) is 6.35. The number of rotatable bonds is 3. The Morgan fingerprint density at radius 2 is 1.90 bits per heavy atom. The van der Waals surface area contributed by atoms with Crippen LogP contribution in [-0.2, 0) is 20.4 Å². The van der Waals surface area contributed by atoms with Crippen LogP contribution in [0, 0.1) is 0 Å². The fourth-order valence-electron chi connectivity index (χ4n) is 2.94. The second kappa shape index (κ2) is 9.24. The number of carbonyl (C=O) groups excluding carboxylic acids is 2. The van der Waals surface area contributed by atoms with Gasteiger partial charge in [-0.1, -0.05) is 40.2 Å². The van der Waals surface area contributed by atoms with Crippen LogP contribution in [0.2, 0.25) is 0 Å². The van der Waals surface area contributed by atoms with Crippen molar-refractivity contribution < 1.29 is 32.2 Å². The van der Waals surface area contributed by atoms with Crippen LogP contribution < -0.4 is 0 Å². The molecule has 2 rings (SSSR count). The molecule has 1 amide bonds. The molecule has 0 saturated carbocycles. The van der Waals surface area contributed by atoms with Gasteiger partial charge in [0, 0.05) is 17.4 Å². The van der Waals surface area contributed by atoms with Crippen LogP contribution in [0.1, 0.15) is 38.3 Å². The van der Waals surface area contributed by atoms with Gasteiger partial charge in [-0.3, -0.25) is 4.90 Å². The Morgan fingerprint density at radius 3 is 2.47 bits per heavy atom. The molecule has 0 unspecified atom stereocenters. The molecule has 0 aromatic heterocycles. The Labute approximate surface area is 181 Å². The van der Waals surface area contributed by atoms with E-state index in [2.05, 4.69) is 15.9 Å². The van der Waals surface area contributed by atoms with Gasteiger partial charge >= 0.3 is 18.2 Å². The second-order valence-corrected chi connectivity index (χ2v) is 8.68. The number of methoxy groups -OCH3 is 1. The molecule has 30 heavy (non-hydrogen) atoms. The summed E-state index contributed by atoms with van der Waals surface area (Å²) in [5.74, 6) is -0.583. The summed E-state index contributed by atoms with van der Waals surface area (Å²) in [5, 5.41) is 0. The van der Waals surface area contributed by atoms with Crippen molar-refractivity contribution in [1.29, 1.82) is 0 Å². The standard InChI is InChI=1S/C21H23BrF3NO4/c1-20(2,3)30-19(28)26-12-13(10-17(26)18(27)29-4)6-5-7-14-8-9-15(22)11-16(14)21(23,24)25/h5-9,11,17H,10,12H2,1-4H3/t17-/m0/s1. The van der Waals surface area contributed by atoms with Crippen molar-refractivity contribution in [2.75, 3.05) is 13.7 Å². The van der Waals surface area contributed by atoms with E-state index in [1.807, 2.05) is 0 Å². The van der Waals surface area contributed by atoms with Crippen molar-refractivity contribution in [1.82, 2.24) is 4.90 Å². The topological polar surface area (TPSA) is 55.8 Å². The summed E-state index contributed by atoms with van der Waals surface area (Å²) in [5.41, 5.74) is -0.798. The van der Waals surface area contributed by atoms with E-state index in [1.54, 1.807) is 26.8 Å². The molecule has 1 aromatic carbocycles. The average molecular weight is 490 g/mol. The number of halogens is 4. The number of amides is 1. The summed E-state index contributed by atoms with van der Waals surface area (Å²) in [6.45, 7) is 5.25. The minimum Gasteiger partial charge on any atom is -0.467 e. The quantitative estimate of drug-likeness (QED) is 0.519. The molecule has 164 valence electrons. The van der Waals surface area contributed by atoms with E-state index in [0.717, 1.165) is 6.07 Å². The molecule has 5 nitrogen and oxygen atoms in total. The number of hydrogen-bond donors (Lipinski definition) is 0. The van der Waals surface area contributed by atoms with E-state index in [9.17, 15) is 22.8 Å². The molecule has 9 heteroatoms. The zero-order valence-corrected chi connectivity index (χ0v) is 18.6. The number of esters is 1. The molecule has 1 atom stereocenters. The van der Waals surface area contributed by atoms with Crippen molar-refractivity contribution in [2.24, 2.45) is 0 Å². The lowest BCUT2D eigenvalue weighted by molar-refractivity contribution is -0.145. The van der Waals surface area contributed by atoms with E-state index >= 15 is 0 Å². The monoisotopic (exact) mass is 489 g/mol. The zero-order chi connectivity index (χ0) is 22.7. The van der Waals surface area contributed by atoms with Gasteiger partial charge in [0.15, 0.2) is 0 Å². The van der Waals surface area contributed by atoms with Crippen LogP contribution >= 0.6 is 15.9 Å². The summed E-state index contributed by atoms with van der Waals surface area (Å²) in [4.78, 5) is 25.8. The summed E-state index contributed by atoms with van der Waals surface area (Å²) >= 11 is 3.05. The van der Waals surface area contributed by atoms with E-state index in [1.165, 1.54) is 36.3 Å². The number of ether oxygens (including phenoxy) is 2. The Hall–Kier alpha value is -2.29. The first kappa shape index (κ1) is 24.0. The average Bonchev–Trinajstić information content (AvgIpc) is 3.04. The van der Waals surface area contributed by atoms with Crippen molar-refractivity contribution in [2.45, 2.75) is 45.0 Å². The van der Waals surface area contributed by atoms with E-state index in [4.69, 9.17) is 9.47 Å². The normalized spacial score (nSPS) is 18.9. The Bertz CT molecular complexity index is 872. The minimum absolute atomic E-state index is 0.00839. The molecule has 1 fully saturated rings. The Balaban J connectivity index is 2.24. The van der Waals surface area contributed by atoms with Gasteiger partial charge in [0.25, 0.3) is 0 Å². The Kier molecular flexibility index (Phi) is 7.39. The molecular weight excluding hydrogens is 467 g/mol. The van der Waals surface area contributed by atoms with Crippen molar-refractivity contribution in [3.05, 3.63) is 51.5 Å². The number of benzene rings is 1. The number of allylic oxidation sites excluding steroid dienone is 2. The number of nitrogens with zero attached hydrogens (tertiary/aromatic N) is 1. The van der Waals surface area contributed by atoms with E-state index < -0.39 is 35.4 Å². The molecule has 0 aliphatic carbocycles. The predicted molar refractivity (Wildman–Crippen MR) is 110 cm³/mol. The van der Waals surface area contributed by atoms with Crippen LogP contribution in [0.4, 0.5) is 18.0 Å². The Morgan fingerprint density at radius 1 is 1.23 bits per heavy atom. The molecule has 1 aromatic rings. The molecule has 1 aliphatic heterocycles. The summed E-state index contributed by atoms with van der Waals surface area (Å²) in [6, 6.07) is 3.05. The number of alkyl halides is 3. The number of likely N-dealkylation sites (tertiary alicyclic amines) is 1. The van der Waals surface area contributed by atoms with Crippen molar-refractivity contribution in [3.8, 4) is 0 Å². The van der Waals surface area contributed by atoms with Gasteiger partial charge in [0.1, 0.15) is 11.6 Å². The SMILES string of the molecule is COC(=O)[C@@H]1CC(=CC=Cc2ccc(Br)cc2C(F)(F)F)CN1C(=O)OC(C)(C)C. The molecule has 0 radical (unpaired) electrons. The third-order valence-corrected chi connectivity index (χ3v) is 4.73. The van der Waals surface area contributed by atoms with Crippen molar-refractivity contribution >= 4 is 34.1 Å².